The molecule has 0 bridgehead atoms. The van der Waals surface area contributed by atoms with Gasteiger partial charge in [-0.2, -0.15) is 0 Å². The highest BCUT2D eigenvalue weighted by molar-refractivity contribution is 5.95. The average Bonchev–Trinajstić information content (AvgIpc) is 3.19. The highest BCUT2D eigenvalue weighted by Gasteiger charge is 2.31. The highest BCUT2D eigenvalue weighted by atomic mass is 16.4. The first kappa shape index (κ1) is 27.3. The summed E-state index contributed by atoms with van der Waals surface area (Å²) in [5.74, 6) is -4.97. The number of aliphatic carboxylic acids is 2. The number of carboxylic acid groups (broad SMARTS) is 2. The summed E-state index contributed by atoms with van der Waals surface area (Å²) in [6.07, 6.45) is 1.10. The van der Waals surface area contributed by atoms with Gasteiger partial charge in [-0.1, -0.05) is 32.0 Å². The minimum atomic E-state index is -1.69. The number of hydrogen-bond donors (Lipinski definition) is 7. The predicted octanol–water partition coefficient (Wildman–Crippen LogP) is -0.271. The molecular weight excluding hydrogens is 458 g/mol. The number of carboxylic acids is 2. The van der Waals surface area contributed by atoms with Crippen LogP contribution in [0.5, 0.6) is 0 Å². The molecule has 3 atom stereocenters. The van der Waals surface area contributed by atoms with Crippen molar-refractivity contribution in [3.05, 3.63) is 36.0 Å². The standard InChI is InChI=1S/C23H31N5O7/c1-12(2)7-16(26-19(29)10-24)21(32)27-17(22(33)28-18(23(34)35)9-20(30)31)8-13-11-25-15-6-4-3-5-14(13)15/h3-6,11-12,16-18,25H,7-10,24H2,1-2H3,(H,26,29)(H,27,32)(H,28,33)(H,30,31)(H,34,35). The molecule has 0 fully saturated rings. The first-order valence-electron chi connectivity index (χ1n) is 11.1. The molecule has 8 N–H and O–H groups in total. The molecule has 1 aromatic carbocycles. The average molecular weight is 490 g/mol. The van der Waals surface area contributed by atoms with Crippen LogP contribution < -0.4 is 21.7 Å². The van der Waals surface area contributed by atoms with Gasteiger partial charge in [-0.15, -0.1) is 0 Å². The van der Waals surface area contributed by atoms with Gasteiger partial charge in [0.25, 0.3) is 0 Å². The van der Waals surface area contributed by atoms with E-state index in [0.717, 1.165) is 10.9 Å². The molecule has 0 saturated heterocycles. The van der Waals surface area contributed by atoms with E-state index in [1.165, 1.54) is 0 Å². The summed E-state index contributed by atoms with van der Waals surface area (Å²) in [6.45, 7) is 3.39. The van der Waals surface area contributed by atoms with Crippen molar-refractivity contribution in [3.8, 4) is 0 Å². The number of aromatic nitrogens is 1. The Balaban J connectivity index is 2.32. The Morgan fingerprint density at radius 1 is 0.943 bits per heavy atom. The van der Waals surface area contributed by atoms with Gasteiger partial charge in [0.1, 0.15) is 18.1 Å². The highest BCUT2D eigenvalue weighted by Crippen LogP contribution is 2.19. The second-order valence-electron chi connectivity index (χ2n) is 8.58. The van der Waals surface area contributed by atoms with E-state index >= 15 is 0 Å². The van der Waals surface area contributed by atoms with Gasteiger partial charge in [-0.05, 0) is 24.0 Å². The Hall–Kier alpha value is -3.93. The van der Waals surface area contributed by atoms with Gasteiger partial charge in [0, 0.05) is 23.5 Å². The Kier molecular flexibility index (Phi) is 9.76. The number of nitrogens with one attached hydrogen (secondary N) is 4. The Bertz CT molecular complexity index is 1080. The number of carbonyl (C=O) groups excluding carboxylic acids is 3. The van der Waals surface area contributed by atoms with E-state index in [9.17, 15) is 29.1 Å². The molecule has 35 heavy (non-hydrogen) atoms. The van der Waals surface area contributed by atoms with E-state index < -0.39 is 54.2 Å². The zero-order valence-electron chi connectivity index (χ0n) is 19.5. The van der Waals surface area contributed by atoms with Crippen LogP contribution in [0.1, 0.15) is 32.3 Å². The van der Waals surface area contributed by atoms with Crippen molar-refractivity contribution in [3.63, 3.8) is 0 Å². The van der Waals surface area contributed by atoms with Gasteiger partial charge in [-0.3, -0.25) is 19.2 Å². The largest absolute Gasteiger partial charge is 0.481 e. The summed E-state index contributed by atoms with van der Waals surface area (Å²) in [4.78, 5) is 63.5. The van der Waals surface area contributed by atoms with Gasteiger partial charge >= 0.3 is 11.9 Å². The molecule has 12 nitrogen and oxygen atoms in total. The first-order chi connectivity index (χ1) is 16.5. The van der Waals surface area contributed by atoms with Crippen LogP contribution >= 0.6 is 0 Å². The van der Waals surface area contributed by atoms with Crippen LogP contribution in [-0.2, 0) is 30.4 Å². The van der Waals surface area contributed by atoms with E-state index in [4.69, 9.17) is 10.8 Å². The number of rotatable bonds is 13. The quantitative estimate of drug-likeness (QED) is 0.199. The third-order valence-corrected chi connectivity index (χ3v) is 5.27. The maximum absolute atomic E-state index is 13.1. The molecule has 3 unspecified atom stereocenters. The summed E-state index contributed by atoms with van der Waals surface area (Å²) in [6, 6.07) is 3.38. The van der Waals surface area contributed by atoms with Crippen molar-refractivity contribution in [2.75, 3.05) is 6.54 Å². The number of hydrogen-bond acceptors (Lipinski definition) is 6. The second kappa shape index (κ2) is 12.5. The van der Waals surface area contributed by atoms with E-state index in [1.807, 2.05) is 38.1 Å². The number of carbonyl (C=O) groups is 5. The third kappa shape index (κ3) is 8.10. The number of para-hydroxylation sites is 1. The van der Waals surface area contributed by atoms with Crippen LogP contribution in [0.25, 0.3) is 10.9 Å². The van der Waals surface area contributed by atoms with E-state index in [0.29, 0.717) is 5.56 Å². The summed E-state index contributed by atoms with van der Waals surface area (Å²) in [7, 11) is 0. The van der Waals surface area contributed by atoms with Gasteiger partial charge in [-0.25, -0.2) is 4.79 Å². The number of H-pyrrole nitrogens is 1. The van der Waals surface area contributed by atoms with Crippen molar-refractivity contribution in [1.82, 2.24) is 20.9 Å². The van der Waals surface area contributed by atoms with Gasteiger partial charge < -0.3 is 36.9 Å². The van der Waals surface area contributed by atoms with E-state index in [2.05, 4.69) is 20.9 Å². The monoisotopic (exact) mass is 489 g/mol. The molecule has 0 aliphatic heterocycles. The zero-order chi connectivity index (χ0) is 26.1. The minimum absolute atomic E-state index is 0.0137. The van der Waals surface area contributed by atoms with Crippen LogP contribution in [0.3, 0.4) is 0 Å². The van der Waals surface area contributed by atoms with E-state index in [1.54, 1.807) is 6.20 Å². The Morgan fingerprint density at radius 3 is 2.17 bits per heavy atom. The van der Waals surface area contributed by atoms with Gasteiger partial charge in [0.2, 0.25) is 17.7 Å². The SMILES string of the molecule is CC(C)CC(NC(=O)CN)C(=O)NC(Cc1c[nH]c2ccccc12)C(=O)NC(CC(=O)O)C(=O)O. The van der Waals surface area contributed by atoms with Crippen molar-refractivity contribution in [1.29, 1.82) is 0 Å². The topological polar surface area (TPSA) is 204 Å². The molecule has 0 aliphatic rings. The molecule has 0 aliphatic carbocycles. The van der Waals surface area contributed by atoms with Crippen molar-refractivity contribution in [2.24, 2.45) is 11.7 Å². The molecule has 0 saturated carbocycles. The summed E-state index contributed by atoms with van der Waals surface area (Å²) < 4.78 is 0. The molecular formula is C23H31N5O7. The smallest absolute Gasteiger partial charge is 0.326 e. The first-order valence-corrected chi connectivity index (χ1v) is 11.1. The van der Waals surface area contributed by atoms with Crippen molar-refractivity contribution >= 4 is 40.6 Å². The normalized spacial score (nSPS) is 13.6. The van der Waals surface area contributed by atoms with Gasteiger partial charge in [0.15, 0.2) is 0 Å². The van der Waals surface area contributed by atoms with Crippen molar-refractivity contribution in [2.45, 2.75) is 51.2 Å². The van der Waals surface area contributed by atoms with Crippen LogP contribution in [0.4, 0.5) is 0 Å². The summed E-state index contributed by atoms with van der Waals surface area (Å²) in [5.41, 5.74) is 6.83. The summed E-state index contributed by atoms with van der Waals surface area (Å²) in [5, 5.41) is 26.4. The second-order valence-corrected chi connectivity index (χ2v) is 8.58. The van der Waals surface area contributed by atoms with Crippen LogP contribution in [0, 0.1) is 5.92 Å². The van der Waals surface area contributed by atoms with Crippen LogP contribution in [-0.4, -0.2) is 69.5 Å². The Morgan fingerprint density at radius 2 is 1.57 bits per heavy atom. The molecule has 190 valence electrons. The number of nitrogens with two attached hydrogens (primary N) is 1. The molecule has 2 rings (SSSR count). The fraction of sp³-hybridized carbons (Fsp3) is 0.435. The number of fused-ring (bicyclic) bond motifs is 1. The molecule has 1 aromatic heterocycles. The zero-order valence-corrected chi connectivity index (χ0v) is 19.5. The molecule has 12 heteroatoms. The van der Waals surface area contributed by atoms with Crippen LogP contribution in [0.2, 0.25) is 0 Å². The minimum Gasteiger partial charge on any atom is -0.481 e. The predicted molar refractivity (Wildman–Crippen MR) is 126 cm³/mol. The Labute approximate surface area is 201 Å². The lowest BCUT2D eigenvalue weighted by Crippen LogP contribution is -2.57. The molecule has 2 aromatic rings. The maximum atomic E-state index is 13.1. The fourth-order valence-corrected chi connectivity index (χ4v) is 3.61. The summed E-state index contributed by atoms with van der Waals surface area (Å²) >= 11 is 0. The van der Waals surface area contributed by atoms with Crippen LogP contribution in [0.15, 0.2) is 30.5 Å². The number of benzene rings is 1. The molecule has 1 heterocycles. The third-order valence-electron chi connectivity index (χ3n) is 5.27. The molecule has 0 spiro atoms. The lowest BCUT2D eigenvalue weighted by atomic mass is 10.0. The van der Waals surface area contributed by atoms with E-state index in [-0.39, 0.29) is 25.3 Å². The fourth-order valence-electron chi connectivity index (χ4n) is 3.61. The number of aromatic amines is 1. The lowest BCUT2D eigenvalue weighted by Gasteiger charge is -2.25. The lowest BCUT2D eigenvalue weighted by molar-refractivity contribution is -0.147. The van der Waals surface area contributed by atoms with Gasteiger partial charge in [0.05, 0.1) is 13.0 Å². The van der Waals surface area contributed by atoms with Crippen molar-refractivity contribution < 1.29 is 34.2 Å². The maximum Gasteiger partial charge on any atom is 0.326 e. The molecule has 3 amide bonds. The number of amides is 3. The molecule has 0 radical (unpaired) electrons.